The average Bonchev–Trinajstić information content (AvgIpc) is 2.56. The van der Waals surface area contributed by atoms with Crippen molar-refractivity contribution in [3.8, 4) is 0 Å². The summed E-state index contributed by atoms with van der Waals surface area (Å²) in [6.07, 6.45) is 7.02. The lowest BCUT2D eigenvalue weighted by molar-refractivity contribution is -0.920. The van der Waals surface area contributed by atoms with Crippen molar-refractivity contribution in [3.63, 3.8) is 0 Å². The summed E-state index contributed by atoms with van der Waals surface area (Å²) in [5, 5.41) is 0. The Hall–Kier alpha value is -1.61. The van der Waals surface area contributed by atoms with E-state index >= 15 is 0 Å². The molecule has 1 aliphatic heterocycles. The number of piperidine rings is 1. The molecule has 3 nitrogen and oxygen atoms in total. The molecule has 0 bridgehead atoms. The highest BCUT2D eigenvalue weighted by Crippen LogP contribution is 2.20. The molecule has 1 heterocycles. The molecule has 0 unspecified atom stereocenters. The first-order valence-corrected chi connectivity index (χ1v) is 8.66. The number of rotatable bonds is 6. The summed E-state index contributed by atoms with van der Waals surface area (Å²) >= 11 is 0. The van der Waals surface area contributed by atoms with Gasteiger partial charge in [0.1, 0.15) is 0 Å². The highest BCUT2D eigenvalue weighted by molar-refractivity contribution is 5.70. The molecule has 1 aromatic carbocycles. The second kappa shape index (κ2) is 8.30. The van der Waals surface area contributed by atoms with Crippen molar-refractivity contribution < 1.29 is 14.0 Å². The van der Waals surface area contributed by atoms with E-state index in [2.05, 4.69) is 44.2 Å². The van der Waals surface area contributed by atoms with E-state index in [1.807, 2.05) is 0 Å². The number of carbonyl (C=O) groups is 1. The molecule has 1 fully saturated rings. The highest BCUT2D eigenvalue weighted by atomic mass is 16.5. The van der Waals surface area contributed by atoms with Gasteiger partial charge in [-0.25, -0.2) is 4.79 Å². The molecule has 0 N–H and O–H groups in total. The number of likely N-dealkylation sites (tertiary alicyclic amines) is 1. The number of nitrogens with zero attached hydrogens (tertiary/aromatic N) is 1. The standard InChI is InChI=1S/C20H30NO2/c1-17-7-9-19(10-8-17)15-18(2)11-14-21(16-20(22)23-3)12-5-4-6-13-21/h7-11H,4-6,12-16H2,1-3H3/q+1/b18-11+. The van der Waals surface area contributed by atoms with Gasteiger partial charge < -0.3 is 9.22 Å². The second-order valence-corrected chi connectivity index (χ2v) is 6.98. The van der Waals surface area contributed by atoms with E-state index in [4.69, 9.17) is 4.74 Å². The molecule has 0 atom stereocenters. The fourth-order valence-corrected chi connectivity index (χ4v) is 3.38. The third-order valence-electron chi connectivity index (χ3n) is 4.89. The van der Waals surface area contributed by atoms with Gasteiger partial charge in [-0.2, -0.15) is 0 Å². The lowest BCUT2D eigenvalue weighted by Crippen LogP contribution is -2.54. The molecule has 23 heavy (non-hydrogen) atoms. The van der Waals surface area contributed by atoms with Crippen LogP contribution in [0.1, 0.15) is 37.3 Å². The predicted octanol–water partition coefficient (Wildman–Crippen LogP) is 3.66. The maximum Gasteiger partial charge on any atom is 0.361 e. The van der Waals surface area contributed by atoms with Crippen molar-refractivity contribution in [1.82, 2.24) is 0 Å². The van der Waals surface area contributed by atoms with Gasteiger partial charge in [0.15, 0.2) is 6.54 Å². The number of aryl methyl sites for hydroxylation is 1. The number of quaternary nitrogens is 1. The smallest absolute Gasteiger partial charge is 0.361 e. The molecule has 1 aliphatic rings. The molecule has 1 aromatic rings. The molecule has 126 valence electrons. The molecule has 1 saturated heterocycles. The van der Waals surface area contributed by atoms with E-state index in [1.54, 1.807) is 0 Å². The lowest BCUT2D eigenvalue weighted by Gasteiger charge is -2.40. The molecule has 0 aromatic heterocycles. The van der Waals surface area contributed by atoms with Crippen LogP contribution in [0.4, 0.5) is 0 Å². The van der Waals surface area contributed by atoms with Gasteiger partial charge in [-0.1, -0.05) is 35.4 Å². The van der Waals surface area contributed by atoms with Gasteiger partial charge in [0.2, 0.25) is 0 Å². The average molecular weight is 316 g/mol. The lowest BCUT2D eigenvalue weighted by atomic mass is 10.0. The van der Waals surface area contributed by atoms with Crippen LogP contribution in [0.5, 0.6) is 0 Å². The Balaban J connectivity index is 2.00. The Morgan fingerprint density at radius 1 is 1.17 bits per heavy atom. The number of allylic oxidation sites excluding steroid dienone is 1. The largest absolute Gasteiger partial charge is 0.465 e. The molecular weight excluding hydrogens is 286 g/mol. The van der Waals surface area contributed by atoms with E-state index in [0.29, 0.717) is 6.54 Å². The van der Waals surface area contributed by atoms with Crippen molar-refractivity contribution in [2.45, 2.75) is 39.5 Å². The first-order chi connectivity index (χ1) is 11.0. The molecular formula is C20H30NO2+. The van der Waals surface area contributed by atoms with Gasteiger partial charge in [0.25, 0.3) is 0 Å². The normalized spacial score (nSPS) is 17.8. The summed E-state index contributed by atoms with van der Waals surface area (Å²) in [5.74, 6) is -0.0866. The topological polar surface area (TPSA) is 26.3 Å². The van der Waals surface area contributed by atoms with Crippen LogP contribution >= 0.6 is 0 Å². The van der Waals surface area contributed by atoms with Crippen LogP contribution < -0.4 is 0 Å². The van der Waals surface area contributed by atoms with Crippen LogP contribution in [-0.2, 0) is 16.0 Å². The van der Waals surface area contributed by atoms with Gasteiger partial charge in [-0.05, 0) is 51.2 Å². The molecule has 2 rings (SSSR count). The molecule has 3 heteroatoms. The minimum absolute atomic E-state index is 0.0866. The summed E-state index contributed by atoms with van der Waals surface area (Å²) in [4.78, 5) is 11.8. The number of hydrogen-bond acceptors (Lipinski definition) is 2. The Labute approximate surface area is 140 Å². The first-order valence-electron chi connectivity index (χ1n) is 8.66. The molecule has 0 amide bonds. The summed E-state index contributed by atoms with van der Waals surface area (Å²) in [6, 6.07) is 8.73. The van der Waals surface area contributed by atoms with E-state index in [0.717, 1.165) is 30.5 Å². The van der Waals surface area contributed by atoms with Crippen LogP contribution in [0.25, 0.3) is 0 Å². The fraction of sp³-hybridized carbons (Fsp3) is 0.550. The Morgan fingerprint density at radius 2 is 1.83 bits per heavy atom. The van der Waals surface area contributed by atoms with Crippen LogP contribution in [0, 0.1) is 6.92 Å². The summed E-state index contributed by atoms with van der Waals surface area (Å²) < 4.78 is 5.78. The minimum atomic E-state index is -0.0866. The number of benzene rings is 1. The number of carbonyl (C=O) groups excluding carboxylic acids is 1. The van der Waals surface area contributed by atoms with E-state index in [1.165, 1.54) is 43.1 Å². The van der Waals surface area contributed by atoms with Crippen LogP contribution in [0.2, 0.25) is 0 Å². The SMILES string of the molecule is COC(=O)C[N+]1(C/C=C(\C)Cc2ccc(C)cc2)CCCCC1. The van der Waals surface area contributed by atoms with Crippen molar-refractivity contribution in [2.24, 2.45) is 0 Å². The molecule has 0 aliphatic carbocycles. The summed E-state index contributed by atoms with van der Waals surface area (Å²) in [6.45, 7) is 7.92. The molecule has 0 spiro atoms. The Morgan fingerprint density at radius 3 is 2.43 bits per heavy atom. The van der Waals surface area contributed by atoms with E-state index in [9.17, 15) is 4.79 Å². The van der Waals surface area contributed by atoms with Crippen molar-refractivity contribution in [1.29, 1.82) is 0 Å². The van der Waals surface area contributed by atoms with Gasteiger partial charge >= 0.3 is 5.97 Å². The monoisotopic (exact) mass is 316 g/mol. The Kier molecular flexibility index (Phi) is 6.40. The second-order valence-electron chi connectivity index (χ2n) is 6.98. The third kappa shape index (κ3) is 5.51. The zero-order valence-electron chi connectivity index (χ0n) is 14.8. The van der Waals surface area contributed by atoms with Crippen LogP contribution in [-0.4, -0.2) is 43.7 Å². The predicted molar refractivity (Wildman–Crippen MR) is 94.2 cm³/mol. The number of methoxy groups -OCH3 is 1. The number of esters is 1. The first kappa shape index (κ1) is 17.7. The maximum absolute atomic E-state index is 11.8. The van der Waals surface area contributed by atoms with Crippen molar-refractivity contribution in [2.75, 3.05) is 33.3 Å². The van der Waals surface area contributed by atoms with Crippen molar-refractivity contribution >= 4 is 5.97 Å². The van der Waals surface area contributed by atoms with Gasteiger partial charge in [0.05, 0.1) is 26.7 Å². The van der Waals surface area contributed by atoms with Crippen LogP contribution in [0.15, 0.2) is 35.9 Å². The third-order valence-corrected chi connectivity index (χ3v) is 4.89. The quantitative estimate of drug-likeness (QED) is 0.455. The Bertz CT molecular complexity index is 539. The van der Waals surface area contributed by atoms with Crippen LogP contribution in [0.3, 0.4) is 0 Å². The van der Waals surface area contributed by atoms with E-state index in [-0.39, 0.29) is 5.97 Å². The molecule has 0 saturated carbocycles. The maximum atomic E-state index is 11.8. The molecule has 0 radical (unpaired) electrons. The zero-order chi connectivity index (χ0) is 16.7. The minimum Gasteiger partial charge on any atom is -0.465 e. The zero-order valence-corrected chi connectivity index (χ0v) is 14.8. The van der Waals surface area contributed by atoms with Gasteiger partial charge in [0, 0.05) is 0 Å². The van der Waals surface area contributed by atoms with Gasteiger partial charge in [-0.15, -0.1) is 0 Å². The fourth-order valence-electron chi connectivity index (χ4n) is 3.38. The highest BCUT2D eigenvalue weighted by Gasteiger charge is 2.31. The van der Waals surface area contributed by atoms with E-state index < -0.39 is 0 Å². The summed E-state index contributed by atoms with van der Waals surface area (Å²) in [7, 11) is 1.49. The number of ether oxygens (including phenoxy) is 1. The number of hydrogen-bond donors (Lipinski definition) is 0. The van der Waals surface area contributed by atoms with Crippen molar-refractivity contribution in [3.05, 3.63) is 47.0 Å². The van der Waals surface area contributed by atoms with Gasteiger partial charge in [-0.3, -0.25) is 0 Å². The summed E-state index contributed by atoms with van der Waals surface area (Å²) in [5.41, 5.74) is 4.02.